The average molecular weight is 476 g/mol. The highest BCUT2D eigenvalue weighted by Gasteiger charge is 2.29. The second kappa shape index (κ2) is 7.66. The molecule has 0 aliphatic rings. The Kier molecular flexibility index (Phi) is 5.69. The van der Waals surface area contributed by atoms with Crippen molar-refractivity contribution in [3.8, 4) is 0 Å². The van der Waals surface area contributed by atoms with E-state index in [4.69, 9.17) is 23.2 Å². The van der Waals surface area contributed by atoms with Gasteiger partial charge < -0.3 is 0 Å². The molecule has 10 heteroatoms. The highest BCUT2D eigenvalue weighted by Crippen LogP contribution is 2.34. The van der Waals surface area contributed by atoms with E-state index in [1.54, 1.807) is 31.2 Å². The summed E-state index contributed by atoms with van der Waals surface area (Å²) in [6.45, 7) is 1.73. The van der Waals surface area contributed by atoms with Crippen LogP contribution < -0.4 is 4.72 Å². The molecule has 6 nitrogen and oxygen atoms in total. The van der Waals surface area contributed by atoms with Crippen LogP contribution in [0.25, 0.3) is 0 Å². The van der Waals surface area contributed by atoms with Crippen LogP contribution in [0, 0.1) is 6.92 Å². The molecule has 136 valence electrons. The molecule has 0 bridgehead atoms. The quantitative estimate of drug-likeness (QED) is 0.577. The number of nitrogens with one attached hydrogen (secondary N) is 2. The van der Waals surface area contributed by atoms with E-state index in [-0.39, 0.29) is 14.9 Å². The van der Waals surface area contributed by atoms with Crippen molar-refractivity contribution in [2.75, 3.05) is 0 Å². The fourth-order valence-corrected chi connectivity index (χ4v) is 5.52. The Morgan fingerprint density at radius 3 is 2.31 bits per heavy atom. The SMILES string of the molecule is Cc1nc(C(NS(=O)(=O)c2c(Cl)cc(Br)cc2Cl)c2ccccc2)n[nH]1. The van der Waals surface area contributed by atoms with Crippen molar-refractivity contribution in [2.45, 2.75) is 17.9 Å². The summed E-state index contributed by atoms with van der Waals surface area (Å²) in [6.07, 6.45) is 0. The zero-order valence-electron chi connectivity index (χ0n) is 13.4. The normalized spacial score (nSPS) is 12.9. The highest BCUT2D eigenvalue weighted by molar-refractivity contribution is 9.10. The number of aromatic nitrogens is 3. The monoisotopic (exact) mass is 474 g/mol. The number of hydrogen-bond acceptors (Lipinski definition) is 4. The first-order chi connectivity index (χ1) is 12.3. The van der Waals surface area contributed by atoms with E-state index in [1.807, 2.05) is 6.07 Å². The van der Waals surface area contributed by atoms with Crippen molar-refractivity contribution in [1.29, 1.82) is 0 Å². The van der Waals surface area contributed by atoms with Crippen LogP contribution in [0.2, 0.25) is 10.0 Å². The zero-order chi connectivity index (χ0) is 18.9. The second-order valence-corrected chi connectivity index (χ2v) is 8.82. The van der Waals surface area contributed by atoms with Crippen LogP contribution in [0.1, 0.15) is 23.3 Å². The second-order valence-electron chi connectivity index (χ2n) is 5.44. The number of H-pyrrole nitrogens is 1. The van der Waals surface area contributed by atoms with E-state index in [0.717, 1.165) is 0 Å². The average Bonchev–Trinajstić information content (AvgIpc) is 2.98. The molecule has 3 aromatic rings. The van der Waals surface area contributed by atoms with Crippen molar-refractivity contribution >= 4 is 49.2 Å². The molecule has 0 fully saturated rings. The molecule has 1 unspecified atom stereocenters. The molecular formula is C16H13BrCl2N4O2S. The number of aryl methyl sites for hydroxylation is 1. The van der Waals surface area contributed by atoms with Gasteiger partial charge in [-0.05, 0) is 24.6 Å². The van der Waals surface area contributed by atoms with Crippen molar-refractivity contribution in [3.63, 3.8) is 0 Å². The van der Waals surface area contributed by atoms with Crippen molar-refractivity contribution < 1.29 is 8.42 Å². The van der Waals surface area contributed by atoms with E-state index in [9.17, 15) is 8.42 Å². The molecule has 26 heavy (non-hydrogen) atoms. The van der Waals surface area contributed by atoms with Crippen LogP contribution in [0.15, 0.2) is 51.8 Å². The lowest BCUT2D eigenvalue weighted by molar-refractivity contribution is 0.567. The third-order valence-corrected chi connectivity index (χ3v) is 6.31. The van der Waals surface area contributed by atoms with Crippen molar-refractivity contribution in [3.05, 3.63) is 74.2 Å². The van der Waals surface area contributed by atoms with Crippen molar-refractivity contribution in [2.24, 2.45) is 0 Å². The van der Waals surface area contributed by atoms with Crippen molar-refractivity contribution in [1.82, 2.24) is 19.9 Å². The standard InChI is InChI=1S/C16H13BrCl2N4O2S/c1-9-20-16(22-21-9)14(10-5-3-2-4-6-10)23-26(24,25)15-12(18)7-11(17)8-13(15)19/h2-8,14,23H,1H3,(H,20,21,22). The molecule has 0 saturated carbocycles. The number of halogens is 3. The summed E-state index contributed by atoms with van der Waals surface area (Å²) in [6, 6.07) is 11.1. The van der Waals surface area contributed by atoms with Crippen LogP contribution in [0.4, 0.5) is 0 Å². The van der Waals surface area contributed by atoms with E-state index in [1.165, 1.54) is 12.1 Å². The molecule has 2 N–H and O–H groups in total. The number of nitrogens with zero attached hydrogens (tertiary/aromatic N) is 2. The molecule has 0 spiro atoms. The van der Waals surface area contributed by atoms with Crippen LogP contribution in [0.3, 0.4) is 0 Å². The van der Waals surface area contributed by atoms with E-state index < -0.39 is 16.1 Å². The molecule has 1 aromatic heterocycles. The Morgan fingerprint density at radius 1 is 1.15 bits per heavy atom. The molecular weight excluding hydrogens is 463 g/mol. The van der Waals surface area contributed by atoms with Gasteiger partial charge in [-0.2, -0.15) is 9.82 Å². The Hall–Kier alpha value is -1.45. The third kappa shape index (κ3) is 4.10. The fraction of sp³-hybridized carbons (Fsp3) is 0.125. The van der Waals surface area contributed by atoms with E-state index in [0.29, 0.717) is 21.7 Å². The molecule has 3 rings (SSSR count). The van der Waals surface area contributed by atoms with Gasteiger partial charge in [0.05, 0.1) is 10.0 Å². The third-order valence-electron chi connectivity index (χ3n) is 3.51. The maximum Gasteiger partial charge on any atom is 0.244 e. The van der Waals surface area contributed by atoms with Gasteiger partial charge in [0.15, 0.2) is 5.82 Å². The fourth-order valence-electron chi connectivity index (χ4n) is 2.40. The molecule has 0 aliphatic heterocycles. The van der Waals surface area contributed by atoms with Crippen LogP contribution in [0.5, 0.6) is 0 Å². The summed E-state index contributed by atoms with van der Waals surface area (Å²) in [5.41, 5.74) is 0.680. The molecule has 0 saturated heterocycles. The summed E-state index contributed by atoms with van der Waals surface area (Å²) in [5, 5.41) is 6.83. The number of aromatic amines is 1. The molecule has 0 radical (unpaired) electrons. The minimum absolute atomic E-state index is 0.00912. The zero-order valence-corrected chi connectivity index (χ0v) is 17.3. The Labute approximate surface area is 169 Å². The maximum atomic E-state index is 13.0. The number of rotatable bonds is 5. The largest absolute Gasteiger partial charge is 0.263 e. The molecule has 2 aromatic carbocycles. The van der Waals surface area contributed by atoms with Gasteiger partial charge in [0.1, 0.15) is 16.8 Å². The summed E-state index contributed by atoms with van der Waals surface area (Å²) in [7, 11) is -4.05. The van der Waals surface area contributed by atoms with Gasteiger partial charge in [-0.15, -0.1) is 0 Å². The Balaban J connectivity index is 2.07. The minimum atomic E-state index is -4.05. The summed E-state index contributed by atoms with van der Waals surface area (Å²) >= 11 is 15.5. The Bertz CT molecular complexity index is 1020. The smallest absolute Gasteiger partial charge is 0.244 e. The summed E-state index contributed by atoms with van der Waals surface area (Å²) in [5.74, 6) is 0.862. The van der Waals surface area contributed by atoms with Gasteiger partial charge in [0.2, 0.25) is 10.0 Å². The maximum absolute atomic E-state index is 13.0. The lowest BCUT2D eigenvalue weighted by Crippen LogP contribution is -2.30. The first-order valence-electron chi connectivity index (χ1n) is 7.38. The molecule has 1 atom stereocenters. The predicted molar refractivity (Wildman–Crippen MR) is 104 cm³/mol. The van der Waals surface area contributed by atoms with Gasteiger partial charge >= 0.3 is 0 Å². The lowest BCUT2D eigenvalue weighted by Gasteiger charge is -2.18. The predicted octanol–water partition coefficient (Wildman–Crippen LogP) is 4.25. The first kappa shape index (κ1) is 19.3. The number of hydrogen-bond donors (Lipinski definition) is 2. The van der Waals surface area contributed by atoms with Gasteiger partial charge in [0.25, 0.3) is 0 Å². The van der Waals surface area contributed by atoms with Crippen LogP contribution in [-0.4, -0.2) is 23.6 Å². The lowest BCUT2D eigenvalue weighted by atomic mass is 10.1. The first-order valence-corrected chi connectivity index (χ1v) is 10.4. The molecule has 1 heterocycles. The summed E-state index contributed by atoms with van der Waals surface area (Å²) < 4.78 is 29.2. The van der Waals surface area contributed by atoms with Gasteiger partial charge in [-0.3, -0.25) is 5.10 Å². The van der Waals surface area contributed by atoms with Crippen LogP contribution in [-0.2, 0) is 10.0 Å². The van der Waals surface area contributed by atoms with Crippen LogP contribution >= 0.6 is 39.1 Å². The number of benzene rings is 2. The molecule has 0 aliphatic carbocycles. The molecule has 0 amide bonds. The van der Waals surface area contributed by atoms with Gasteiger partial charge in [-0.25, -0.2) is 13.4 Å². The minimum Gasteiger partial charge on any atom is -0.263 e. The van der Waals surface area contributed by atoms with E-state index >= 15 is 0 Å². The van der Waals surface area contributed by atoms with Gasteiger partial charge in [0, 0.05) is 4.47 Å². The Morgan fingerprint density at radius 2 is 1.77 bits per heavy atom. The highest BCUT2D eigenvalue weighted by atomic mass is 79.9. The topological polar surface area (TPSA) is 87.7 Å². The number of sulfonamides is 1. The van der Waals surface area contributed by atoms with E-state index in [2.05, 4.69) is 35.8 Å². The van der Waals surface area contributed by atoms with Gasteiger partial charge in [-0.1, -0.05) is 69.5 Å². The summed E-state index contributed by atoms with van der Waals surface area (Å²) in [4.78, 5) is 4.06.